The summed E-state index contributed by atoms with van der Waals surface area (Å²) in [6.07, 6.45) is 16.6. The first kappa shape index (κ1) is 23.1. The van der Waals surface area contributed by atoms with Gasteiger partial charge in [-0.2, -0.15) is 0 Å². The molecule has 2 aromatic heterocycles. The molecule has 1 N–H and O–H groups in total. The zero-order valence-corrected chi connectivity index (χ0v) is 21.7. The highest BCUT2D eigenvalue weighted by molar-refractivity contribution is 7.18. The Balaban J connectivity index is 1.18. The van der Waals surface area contributed by atoms with Crippen molar-refractivity contribution < 1.29 is 0 Å². The second-order valence-electron chi connectivity index (χ2n) is 11.5. The quantitative estimate of drug-likeness (QED) is 0.697. The van der Waals surface area contributed by atoms with E-state index in [1.165, 1.54) is 81.6 Å². The molecule has 7 heteroatoms. The van der Waals surface area contributed by atoms with Gasteiger partial charge in [0.05, 0.1) is 11.7 Å². The van der Waals surface area contributed by atoms with Gasteiger partial charge in [0.1, 0.15) is 4.83 Å². The second-order valence-corrected chi connectivity index (χ2v) is 12.6. The van der Waals surface area contributed by atoms with Crippen LogP contribution in [0.15, 0.2) is 11.1 Å². The number of piperazine rings is 1. The Kier molecular flexibility index (Phi) is 6.56. The van der Waals surface area contributed by atoms with Gasteiger partial charge in [0.2, 0.25) is 0 Å². The first-order chi connectivity index (χ1) is 16.6. The van der Waals surface area contributed by atoms with Crippen LogP contribution >= 0.6 is 11.3 Å². The average molecular weight is 484 g/mol. The summed E-state index contributed by atoms with van der Waals surface area (Å²) in [6, 6.07) is 0.878. The molecule has 2 saturated carbocycles. The van der Waals surface area contributed by atoms with Crippen LogP contribution < -0.4 is 10.9 Å². The molecule has 0 spiro atoms. The van der Waals surface area contributed by atoms with E-state index in [2.05, 4.69) is 22.2 Å². The number of hydrogen-bond acceptors (Lipinski definition) is 6. The van der Waals surface area contributed by atoms with Crippen molar-refractivity contribution in [2.45, 2.75) is 94.7 Å². The largest absolute Gasteiger partial charge is 0.312 e. The summed E-state index contributed by atoms with van der Waals surface area (Å²) in [5.74, 6) is 0. The zero-order valence-electron chi connectivity index (χ0n) is 20.9. The van der Waals surface area contributed by atoms with E-state index in [1.807, 2.05) is 10.9 Å². The molecule has 0 aromatic carbocycles. The van der Waals surface area contributed by atoms with Crippen molar-refractivity contribution in [2.24, 2.45) is 0 Å². The molecule has 1 atom stereocenters. The highest BCUT2D eigenvalue weighted by Crippen LogP contribution is 2.37. The molecular formula is C27H41N5OS. The van der Waals surface area contributed by atoms with E-state index in [-0.39, 0.29) is 5.56 Å². The average Bonchev–Trinajstić information content (AvgIpc) is 3.52. The first-order valence-corrected chi connectivity index (χ1v) is 14.6. The number of rotatable bonds is 5. The van der Waals surface area contributed by atoms with Gasteiger partial charge in [-0.1, -0.05) is 32.1 Å². The second kappa shape index (κ2) is 9.64. The third-order valence-corrected chi connectivity index (χ3v) is 10.6. The van der Waals surface area contributed by atoms with E-state index in [0.29, 0.717) is 17.6 Å². The third kappa shape index (κ3) is 4.27. The van der Waals surface area contributed by atoms with Gasteiger partial charge >= 0.3 is 0 Å². The molecule has 186 valence electrons. The van der Waals surface area contributed by atoms with Crippen LogP contribution in [0.3, 0.4) is 0 Å². The molecule has 0 bridgehead atoms. The molecule has 34 heavy (non-hydrogen) atoms. The molecule has 3 aliphatic carbocycles. The lowest BCUT2D eigenvalue weighted by molar-refractivity contribution is 0.0118. The molecule has 1 aliphatic heterocycles. The monoisotopic (exact) mass is 483 g/mol. The topological polar surface area (TPSA) is 53.4 Å². The van der Waals surface area contributed by atoms with Gasteiger partial charge in [-0.05, 0) is 57.6 Å². The van der Waals surface area contributed by atoms with E-state index in [1.54, 1.807) is 11.3 Å². The fourth-order valence-electron chi connectivity index (χ4n) is 7.23. The van der Waals surface area contributed by atoms with E-state index < -0.39 is 0 Å². The van der Waals surface area contributed by atoms with Gasteiger partial charge in [0.25, 0.3) is 5.56 Å². The minimum Gasteiger partial charge on any atom is -0.312 e. The highest BCUT2D eigenvalue weighted by Gasteiger charge is 2.39. The number of aromatic nitrogens is 2. The summed E-state index contributed by atoms with van der Waals surface area (Å²) in [4.78, 5) is 25.8. The molecule has 6 rings (SSSR count). The smallest absolute Gasteiger partial charge is 0.262 e. The van der Waals surface area contributed by atoms with Crippen molar-refractivity contribution in [1.82, 2.24) is 24.7 Å². The molecule has 3 fully saturated rings. The summed E-state index contributed by atoms with van der Waals surface area (Å²) < 4.78 is 1.95. The molecule has 2 aromatic rings. The predicted octanol–water partition coefficient (Wildman–Crippen LogP) is 3.97. The third-order valence-electron chi connectivity index (χ3n) is 9.39. The molecule has 4 aliphatic rings. The summed E-state index contributed by atoms with van der Waals surface area (Å²) in [6.45, 7) is 5.93. The summed E-state index contributed by atoms with van der Waals surface area (Å²) in [7, 11) is 2.26. The molecule has 1 unspecified atom stereocenters. The summed E-state index contributed by atoms with van der Waals surface area (Å²) in [5, 5.41) is 4.98. The SMILES string of the molecule is CN1CCN(C2(CNC3CCc4c(sc5ncn(C6CCCC6)c(=O)c45)C3)CCCCC2)CC1. The maximum atomic E-state index is 13.4. The molecule has 0 radical (unpaired) electrons. The van der Waals surface area contributed by atoms with E-state index >= 15 is 0 Å². The number of nitrogens with one attached hydrogen (secondary N) is 1. The van der Waals surface area contributed by atoms with Crippen LogP contribution in [0.5, 0.6) is 0 Å². The van der Waals surface area contributed by atoms with Gasteiger partial charge in [-0.25, -0.2) is 4.98 Å². The maximum absolute atomic E-state index is 13.4. The minimum atomic E-state index is 0.219. The first-order valence-electron chi connectivity index (χ1n) is 13.8. The number of hydrogen-bond donors (Lipinski definition) is 1. The van der Waals surface area contributed by atoms with Crippen molar-refractivity contribution in [2.75, 3.05) is 39.8 Å². The van der Waals surface area contributed by atoms with Gasteiger partial charge in [-0.3, -0.25) is 14.3 Å². The van der Waals surface area contributed by atoms with Crippen molar-refractivity contribution >= 4 is 21.6 Å². The van der Waals surface area contributed by atoms with Crippen molar-refractivity contribution in [3.05, 3.63) is 27.1 Å². The van der Waals surface area contributed by atoms with E-state index in [0.717, 1.165) is 48.9 Å². The van der Waals surface area contributed by atoms with Crippen LogP contribution in [0.4, 0.5) is 0 Å². The van der Waals surface area contributed by atoms with Crippen LogP contribution in [0.1, 0.15) is 80.7 Å². The van der Waals surface area contributed by atoms with Crippen molar-refractivity contribution in [3.8, 4) is 0 Å². The Morgan fingerprint density at radius 3 is 2.59 bits per heavy atom. The fourth-order valence-corrected chi connectivity index (χ4v) is 8.48. The lowest BCUT2D eigenvalue weighted by Crippen LogP contribution is -2.62. The van der Waals surface area contributed by atoms with Crippen LogP contribution in [-0.2, 0) is 12.8 Å². The Hall–Kier alpha value is -1.28. The molecule has 1 saturated heterocycles. The molecule has 3 heterocycles. The van der Waals surface area contributed by atoms with Crippen LogP contribution in [0, 0.1) is 0 Å². The lowest BCUT2D eigenvalue weighted by atomic mass is 9.79. The zero-order chi connectivity index (χ0) is 23.1. The minimum absolute atomic E-state index is 0.219. The number of nitrogens with zero attached hydrogens (tertiary/aromatic N) is 4. The Bertz CT molecular complexity index is 1060. The molecular weight excluding hydrogens is 442 g/mol. The number of fused-ring (bicyclic) bond motifs is 3. The fraction of sp³-hybridized carbons (Fsp3) is 0.778. The predicted molar refractivity (Wildman–Crippen MR) is 140 cm³/mol. The van der Waals surface area contributed by atoms with Crippen LogP contribution in [0.2, 0.25) is 0 Å². The Labute approximate surface area is 207 Å². The van der Waals surface area contributed by atoms with Crippen molar-refractivity contribution in [3.63, 3.8) is 0 Å². The van der Waals surface area contributed by atoms with Gasteiger partial charge in [0.15, 0.2) is 0 Å². The van der Waals surface area contributed by atoms with Crippen LogP contribution in [0.25, 0.3) is 10.2 Å². The van der Waals surface area contributed by atoms with Gasteiger partial charge in [0, 0.05) is 55.2 Å². The Morgan fingerprint density at radius 2 is 1.82 bits per heavy atom. The van der Waals surface area contributed by atoms with Crippen molar-refractivity contribution in [1.29, 1.82) is 0 Å². The van der Waals surface area contributed by atoms with Crippen LogP contribution in [-0.4, -0.2) is 70.7 Å². The molecule has 6 nitrogen and oxygen atoms in total. The van der Waals surface area contributed by atoms with Gasteiger partial charge in [-0.15, -0.1) is 11.3 Å². The highest BCUT2D eigenvalue weighted by atomic mass is 32.1. The Morgan fingerprint density at radius 1 is 1.06 bits per heavy atom. The maximum Gasteiger partial charge on any atom is 0.262 e. The normalized spacial score (nSPS) is 26.8. The lowest BCUT2D eigenvalue weighted by Gasteiger charge is -2.50. The van der Waals surface area contributed by atoms with Gasteiger partial charge < -0.3 is 10.2 Å². The number of thiophene rings is 1. The summed E-state index contributed by atoms with van der Waals surface area (Å²) >= 11 is 1.78. The van der Waals surface area contributed by atoms with E-state index in [4.69, 9.17) is 4.98 Å². The van der Waals surface area contributed by atoms with E-state index in [9.17, 15) is 4.79 Å². The molecule has 0 amide bonds. The number of likely N-dealkylation sites (N-methyl/N-ethyl adjacent to an activating group) is 1. The number of aryl methyl sites for hydroxylation is 1. The standard InChI is InChI=1S/C27H41N5OS/c1-30-13-15-31(16-14-30)27(11-5-2-6-12-27)18-28-20-9-10-22-23(17-20)34-25-24(22)26(33)32(19-29-25)21-7-3-4-8-21/h19-21,28H,2-18H2,1H3. The summed E-state index contributed by atoms with van der Waals surface area (Å²) in [5.41, 5.74) is 1.88.